The summed E-state index contributed by atoms with van der Waals surface area (Å²) in [6, 6.07) is 0. The molecule has 4 nitrogen and oxygen atoms in total. The van der Waals surface area contributed by atoms with Crippen LogP contribution in [0.5, 0.6) is 0 Å². The fourth-order valence-electron chi connectivity index (χ4n) is 3.35. The lowest BCUT2D eigenvalue weighted by atomic mass is 9.95. The van der Waals surface area contributed by atoms with E-state index in [0.29, 0.717) is 5.92 Å². The Kier molecular flexibility index (Phi) is 3.39. The highest BCUT2D eigenvalue weighted by Gasteiger charge is 2.28. The molecule has 0 spiro atoms. The summed E-state index contributed by atoms with van der Waals surface area (Å²) in [7, 11) is 0. The number of fused-ring (bicyclic) bond motifs is 1. The predicted octanol–water partition coefficient (Wildman–Crippen LogP) is 1.91. The number of rotatable bonds is 2. The molecule has 0 saturated carbocycles. The van der Waals surface area contributed by atoms with Gasteiger partial charge in [0.15, 0.2) is 0 Å². The maximum Gasteiger partial charge on any atom is 0.132 e. The monoisotopic (exact) mass is 249 g/mol. The quantitative estimate of drug-likeness (QED) is 0.870. The van der Waals surface area contributed by atoms with E-state index in [2.05, 4.69) is 21.4 Å². The summed E-state index contributed by atoms with van der Waals surface area (Å²) in [5, 5.41) is 10.2. The lowest BCUT2D eigenvalue weighted by Crippen LogP contribution is -2.34. The van der Waals surface area contributed by atoms with Crippen LogP contribution in [0.2, 0.25) is 0 Å². The molecule has 1 aromatic rings. The molecule has 0 aliphatic carbocycles. The fourth-order valence-corrected chi connectivity index (χ4v) is 3.35. The molecule has 18 heavy (non-hydrogen) atoms. The van der Waals surface area contributed by atoms with Crippen LogP contribution in [0.1, 0.15) is 56.3 Å². The molecular weight excluding hydrogens is 226 g/mol. The van der Waals surface area contributed by atoms with Crippen LogP contribution in [0.15, 0.2) is 6.20 Å². The van der Waals surface area contributed by atoms with E-state index in [9.17, 15) is 5.11 Å². The highest BCUT2D eigenvalue weighted by Crippen LogP contribution is 2.32. The minimum absolute atomic E-state index is 0.338. The van der Waals surface area contributed by atoms with Crippen molar-refractivity contribution < 1.29 is 5.11 Å². The largest absolute Gasteiger partial charge is 0.373 e. The molecule has 3 rings (SSSR count). The standard InChI is InChI=1S/C14H23N3O/c1-2-16-8-6-11(7-9-16)14-15-10-12-4-3-5-13(18)17(12)14/h10-11,13,18H,2-9H2,1H3. The average molecular weight is 249 g/mol. The Morgan fingerprint density at radius 2 is 2.11 bits per heavy atom. The fraction of sp³-hybridized carbons (Fsp3) is 0.786. The molecule has 3 heterocycles. The number of hydrogen-bond acceptors (Lipinski definition) is 3. The molecular formula is C14H23N3O. The van der Waals surface area contributed by atoms with Gasteiger partial charge in [-0.25, -0.2) is 4.98 Å². The first kappa shape index (κ1) is 12.2. The van der Waals surface area contributed by atoms with Gasteiger partial charge >= 0.3 is 0 Å². The average Bonchev–Trinajstić information content (AvgIpc) is 2.84. The van der Waals surface area contributed by atoms with E-state index < -0.39 is 0 Å². The van der Waals surface area contributed by atoms with Gasteiger partial charge in [0.2, 0.25) is 0 Å². The third kappa shape index (κ3) is 2.08. The second kappa shape index (κ2) is 5.02. The number of aliphatic hydroxyl groups is 1. The highest BCUT2D eigenvalue weighted by atomic mass is 16.3. The van der Waals surface area contributed by atoms with Crippen LogP contribution in [-0.2, 0) is 6.42 Å². The van der Waals surface area contributed by atoms with Crippen molar-refractivity contribution in [2.45, 2.75) is 51.2 Å². The number of imidazole rings is 1. The molecule has 4 heteroatoms. The first-order chi connectivity index (χ1) is 8.79. The highest BCUT2D eigenvalue weighted by molar-refractivity contribution is 5.13. The molecule has 1 N–H and O–H groups in total. The smallest absolute Gasteiger partial charge is 0.132 e. The third-order valence-electron chi connectivity index (χ3n) is 4.50. The van der Waals surface area contributed by atoms with E-state index in [-0.39, 0.29) is 6.23 Å². The van der Waals surface area contributed by atoms with E-state index in [4.69, 9.17) is 0 Å². The summed E-state index contributed by atoms with van der Waals surface area (Å²) in [6.07, 6.45) is 7.02. The number of hydrogen-bond donors (Lipinski definition) is 1. The molecule has 1 fully saturated rings. The van der Waals surface area contributed by atoms with Gasteiger partial charge in [0.1, 0.15) is 12.1 Å². The maximum absolute atomic E-state index is 10.2. The van der Waals surface area contributed by atoms with Gasteiger partial charge < -0.3 is 14.6 Å². The van der Waals surface area contributed by atoms with Gasteiger partial charge in [-0.15, -0.1) is 0 Å². The first-order valence-corrected chi connectivity index (χ1v) is 7.26. The summed E-state index contributed by atoms with van der Waals surface area (Å²) in [4.78, 5) is 7.10. The lowest BCUT2D eigenvalue weighted by molar-refractivity contribution is 0.0726. The Morgan fingerprint density at radius 1 is 1.33 bits per heavy atom. The Labute approximate surface area is 109 Å². The topological polar surface area (TPSA) is 41.3 Å². The van der Waals surface area contributed by atoms with Crippen molar-refractivity contribution in [1.29, 1.82) is 0 Å². The summed E-state index contributed by atoms with van der Waals surface area (Å²) >= 11 is 0. The predicted molar refractivity (Wildman–Crippen MR) is 70.5 cm³/mol. The number of likely N-dealkylation sites (tertiary alicyclic amines) is 1. The normalized spacial score (nSPS) is 26.2. The van der Waals surface area contributed by atoms with Gasteiger partial charge in [0.25, 0.3) is 0 Å². The second-order valence-electron chi connectivity index (χ2n) is 5.56. The van der Waals surface area contributed by atoms with Crippen LogP contribution < -0.4 is 0 Å². The molecule has 2 aliphatic heterocycles. The van der Waals surface area contributed by atoms with Crippen LogP contribution in [0, 0.1) is 0 Å². The molecule has 1 unspecified atom stereocenters. The number of piperidine rings is 1. The molecule has 1 aromatic heterocycles. The van der Waals surface area contributed by atoms with Crippen molar-refractivity contribution in [1.82, 2.24) is 14.5 Å². The SMILES string of the molecule is CCN1CCC(c2ncc3n2C(O)CCC3)CC1. The number of nitrogens with zero attached hydrogens (tertiary/aromatic N) is 3. The first-order valence-electron chi connectivity index (χ1n) is 7.26. The third-order valence-corrected chi connectivity index (χ3v) is 4.50. The molecule has 0 aromatic carbocycles. The van der Waals surface area contributed by atoms with Crippen LogP contribution in [0.25, 0.3) is 0 Å². The summed E-state index contributed by atoms with van der Waals surface area (Å²) < 4.78 is 2.11. The van der Waals surface area contributed by atoms with E-state index in [0.717, 1.165) is 31.6 Å². The van der Waals surface area contributed by atoms with Crippen molar-refractivity contribution in [2.24, 2.45) is 0 Å². The van der Waals surface area contributed by atoms with Gasteiger partial charge in [0, 0.05) is 17.8 Å². The maximum atomic E-state index is 10.2. The van der Waals surface area contributed by atoms with E-state index in [1.807, 2.05) is 6.20 Å². The van der Waals surface area contributed by atoms with Crippen molar-refractivity contribution >= 4 is 0 Å². The Morgan fingerprint density at radius 3 is 2.83 bits per heavy atom. The van der Waals surface area contributed by atoms with Crippen LogP contribution in [0.3, 0.4) is 0 Å². The van der Waals surface area contributed by atoms with Gasteiger partial charge in [-0.2, -0.15) is 0 Å². The summed E-state index contributed by atoms with van der Waals surface area (Å²) in [5.41, 5.74) is 1.22. The zero-order valence-corrected chi connectivity index (χ0v) is 11.2. The van der Waals surface area contributed by atoms with Gasteiger partial charge in [0.05, 0.1) is 0 Å². The van der Waals surface area contributed by atoms with Gasteiger partial charge in [-0.3, -0.25) is 0 Å². The zero-order chi connectivity index (χ0) is 12.5. The second-order valence-corrected chi connectivity index (χ2v) is 5.56. The Balaban J connectivity index is 1.79. The lowest BCUT2D eigenvalue weighted by Gasteiger charge is -2.32. The molecule has 0 radical (unpaired) electrons. The van der Waals surface area contributed by atoms with E-state index in [1.54, 1.807) is 0 Å². The minimum Gasteiger partial charge on any atom is -0.373 e. The van der Waals surface area contributed by atoms with E-state index >= 15 is 0 Å². The van der Waals surface area contributed by atoms with Gasteiger partial charge in [-0.05, 0) is 51.7 Å². The number of aliphatic hydroxyl groups excluding tert-OH is 1. The molecule has 1 saturated heterocycles. The number of aromatic nitrogens is 2. The van der Waals surface area contributed by atoms with Crippen LogP contribution >= 0.6 is 0 Å². The molecule has 0 bridgehead atoms. The van der Waals surface area contributed by atoms with Crippen molar-refractivity contribution in [2.75, 3.05) is 19.6 Å². The summed E-state index contributed by atoms with van der Waals surface area (Å²) in [6.45, 7) is 5.70. The molecule has 0 amide bonds. The molecule has 2 aliphatic rings. The van der Waals surface area contributed by atoms with Crippen LogP contribution in [0.4, 0.5) is 0 Å². The molecule has 1 atom stereocenters. The number of aryl methyl sites for hydroxylation is 1. The van der Waals surface area contributed by atoms with Crippen LogP contribution in [-0.4, -0.2) is 39.2 Å². The summed E-state index contributed by atoms with van der Waals surface area (Å²) in [5.74, 6) is 1.67. The Hall–Kier alpha value is -0.870. The Bertz CT molecular complexity index is 407. The van der Waals surface area contributed by atoms with E-state index in [1.165, 1.54) is 31.6 Å². The van der Waals surface area contributed by atoms with Crippen molar-refractivity contribution in [3.63, 3.8) is 0 Å². The minimum atomic E-state index is -0.338. The molecule has 100 valence electrons. The van der Waals surface area contributed by atoms with Gasteiger partial charge in [-0.1, -0.05) is 6.92 Å². The van der Waals surface area contributed by atoms with Crippen molar-refractivity contribution in [3.8, 4) is 0 Å². The zero-order valence-electron chi connectivity index (χ0n) is 11.2. The van der Waals surface area contributed by atoms with Crippen molar-refractivity contribution in [3.05, 3.63) is 17.7 Å².